The molecule has 1 aliphatic carbocycles. The second-order valence-electron chi connectivity index (χ2n) is 17.4. The fourth-order valence-corrected chi connectivity index (χ4v) is 11.2. The van der Waals surface area contributed by atoms with Crippen LogP contribution in [0.25, 0.3) is 0 Å². The Morgan fingerprint density at radius 3 is 2.52 bits per heavy atom. The third-order valence-corrected chi connectivity index (χ3v) is 15.4. The second-order valence-corrected chi connectivity index (χ2v) is 19.3. The van der Waals surface area contributed by atoms with E-state index in [1.807, 2.05) is 24.3 Å². The lowest BCUT2D eigenvalue weighted by Crippen LogP contribution is -2.52. The number of aromatic nitrogens is 2. The van der Waals surface area contributed by atoms with Gasteiger partial charge in [0, 0.05) is 74.8 Å². The van der Waals surface area contributed by atoms with Crippen molar-refractivity contribution in [1.29, 1.82) is 5.41 Å². The van der Waals surface area contributed by atoms with Gasteiger partial charge < -0.3 is 15.7 Å². The van der Waals surface area contributed by atoms with Crippen molar-refractivity contribution in [2.75, 3.05) is 55.3 Å². The number of amidine groups is 1. The number of urea groups is 1. The molecule has 16 nitrogen and oxygen atoms in total. The zero-order valence-corrected chi connectivity index (χ0v) is 36.2. The number of phenols is 1. The van der Waals surface area contributed by atoms with Gasteiger partial charge in [-0.1, -0.05) is 31.2 Å². The smallest absolute Gasteiger partial charge is 0.329 e. The van der Waals surface area contributed by atoms with E-state index in [-0.39, 0.29) is 84.6 Å². The van der Waals surface area contributed by atoms with Crippen LogP contribution in [0.2, 0.25) is 0 Å². The van der Waals surface area contributed by atoms with Crippen LogP contribution in [0.5, 0.6) is 5.75 Å². The molecule has 63 heavy (non-hydrogen) atoms. The van der Waals surface area contributed by atoms with Crippen LogP contribution in [0.1, 0.15) is 80.2 Å². The largest absolute Gasteiger partial charge is 0.508 e. The molecule has 4 amide bonds. The molecule has 1 spiro atoms. The fourth-order valence-electron chi connectivity index (χ4n) is 9.73. The molecule has 5 N–H and O–H groups in total. The standard InChI is InChI=1S/C45H51FN10O6S/c1-26-24-53(17-12-33(26)29-10-11-34(38(21-29)48-3)40(47)55-19-14-39(58)51-44(55)60)27(2)28-6-4-9-32(20-28)63(61,62)54-18-13-37(36(46)25-54)50-43-49-23-35-41(52-43)56(42(59)45(35)15-16-45)30-7-5-8-31(57)22-30/h4-11,20-23,26-27,33,36-37,47-48,57H,12-19,24-25H2,1-3H3,(H,49,50,52)(H,51,58,60)/t26?,27?,33?,36-,37+/m1/s1. The predicted molar refractivity (Wildman–Crippen MR) is 235 cm³/mol. The van der Waals surface area contributed by atoms with E-state index in [4.69, 9.17) is 5.41 Å². The summed E-state index contributed by atoms with van der Waals surface area (Å²) in [5.41, 5.74) is 3.74. The number of amides is 4. The first-order valence-corrected chi connectivity index (χ1v) is 22.9. The number of hydrogen-bond acceptors (Lipinski definition) is 12. The number of piperidine rings is 2. The highest BCUT2D eigenvalue weighted by atomic mass is 32.2. The quantitative estimate of drug-likeness (QED) is 0.0980. The Balaban J connectivity index is 0.832. The molecule has 4 aromatic rings. The van der Waals surface area contributed by atoms with Gasteiger partial charge in [-0.05, 0) is 98.5 Å². The first-order chi connectivity index (χ1) is 30.2. The number of hydrogen-bond donors (Lipinski definition) is 5. The summed E-state index contributed by atoms with van der Waals surface area (Å²) >= 11 is 0. The minimum absolute atomic E-state index is 0.0124. The molecule has 3 unspecified atom stereocenters. The van der Waals surface area contributed by atoms with E-state index in [1.54, 1.807) is 43.6 Å². The number of nitrogens with zero attached hydrogens (tertiary/aromatic N) is 6. The van der Waals surface area contributed by atoms with Gasteiger partial charge in [0.15, 0.2) is 0 Å². The number of rotatable bonds is 10. The van der Waals surface area contributed by atoms with E-state index < -0.39 is 33.7 Å². The van der Waals surface area contributed by atoms with Crippen molar-refractivity contribution in [1.82, 2.24) is 29.4 Å². The topological polar surface area (TPSA) is 204 Å². The highest BCUT2D eigenvalue weighted by Crippen LogP contribution is 2.58. The van der Waals surface area contributed by atoms with Crippen LogP contribution in [0.4, 0.5) is 32.3 Å². The average Bonchev–Trinajstić information content (AvgIpc) is 4.04. The van der Waals surface area contributed by atoms with Gasteiger partial charge in [-0.15, -0.1) is 0 Å². The van der Waals surface area contributed by atoms with Crippen molar-refractivity contribution in [3.05, 3.63) is 95.2 Å². The van der Waals surface area contributed by atoms with E-state index in [0.717, 1.165) is 36.3 Å². The summed E-state index contributed by atoms with van der Waals surface area (Å²) in [5, 5.41) is 27.4. The third-order valence-electron chi connectivity index (χ3n) is 13.5. The van der Waals surface area contributed by atoms with Crippen molar-refractivity contribution in [2.45, 2.75) is 80.4 Å². The maximum absolute atomic E-state index is 16.0. The summed E-state index contributed by atoms with van der Waals surface area (Å²) in [7, 11) is -2.26. The van der Waals surface area contributed by atoms with Crippen LogP contribution in [0, 0.1) is 11.3 Å². The lowest BCUT2D eigenvalue weighted by molar-refractivity contribution is -0.121. The van der Waals surface area contributed by atoms with E-state index in [2.05, 4.69) is 44.7 Å². The van der Waals surface area contributed by atoms with Crippen molar-refractivity contribution in [2.24, 2.45) is 5.92 Å². The monoisotopic (exact) mass is 878 g/mol. The minimum atomic E-state index is -4.03. The zero-order chi connectivity index (χ0) is 44.4. The molecule has 3 saturated heterocycles. The number of halogens is 1. The highest BCUT2D eigenvalue weighted by Gasteiger charge is 2.61. The number of phenolic OH excluding ortho intramolecular Hbond substituents is 1. The first-order valence-electron chi connectivity index (χ1n) is 21.5. The lowest BCUT2D eigenvalue weighted by Gasteiger charge is -2.41. The van der Waals surface area contributed by atoms with Crippen LogP contribution >= 0.6 is 0 Å². The molecular weight excluding hydrogens is 828 g/mol. The summed E-state index contributed by atoms with van der Waals surface area (Å²) < 4.78 is 45.3. The SMILES string of the molecule is CNc1cc(C2CCN(C(C)c3cccc(S(=O)(=O)N4CC[C@H](Nc5ncc6c(n5)N(c5cccc(O)c5)C(=O)C65CC5)[C@H](F)C4)c3)CC2C)ccc1C(=N)N1CCC(=O)NC1=O. The Hall–Kier alpha value is -5.98. The maximum Gasteiger partial charge on any atom is 0.329 e. The summed E-state index contributed by atoms with van der Waals surface area (Å²) in [6.07, 6.45) is 2.55. The summed E-state index contributed by atoms with van der Waals surface area (Å²) in [4.78, 5) is 52.0. The normalized spacial score (nSPS) is 24.2. The Kier molecular flexibility index (Phi) is 10.9. The van der Waals surface area contributed by atoms with Gasteiger partial charge in [0.25, 0.3) is 0 Å². The minimum Gasteiger partial charge on any atom is -0.508 e. The number of alkyl halides is 1. The molecule has 0 bridgehead atoms. The van der Waals surface area contributed by atoms with Crippen molar-refractivity contribution in [3.8, 4) is 5.75 Å². The number of benzene rings is 3. The average molecular weight is 879 g/mol. The fraction of sp³-hybridized carbons (Fsp3) is 0.422. The van der Waals surface area contributed by atoms with E-state index >= 15 is 4.39 Å². The molecule has 5 aliphatic rings. The number of sulfonamides is 1. The highest BCUT2D eigenvalue weighted by molar-refractivity contribution is 7.89. The first kappa shape index (κ1) is 42.3. The van der Waals surface area contributed by atoms with Gasteiger partial charge in [-0.3, -0.25) is 35.0 Å². The van der Waals surface area contributed by atoms with Gasteiger partial charge in [0.05, 0.1) is 22.0 Å². The molecule has 18 heteroatoms. The number of carbonyl (C=O) groups is 3. The van der Waals surface area contributed by atoms with Crippen LogP contribution < -0.4 is 20.9 Å². The van der Waals surface area contributed by atoms with Gasteiger partial charge in [-0.2, -0.15) is 9.29 Å². The Bertz CT molecular complexity index is 2630. The number of imide groups is 1. The summed E-state index contributed by atoms with van der Waals surface area (Å²) in [5.74, 6) is 0.549. The van der Waals surface area contributed by atoms with E-state index in [9.17, 15) is 27.9 Å². The van der Waals surface area contributed by atoms with E-state index in [1.165, 1.54) is 26.2 Å². The molecule has 5 heterocycles. The van der Waals surface area contributed by atoms with Crippen molar-refractivity contribution in [3.63, 3.8) is 0 Å². The van der Waals surface area contributed by atoms with Crippen LogP contribution in [0.3, 0.4) is 0 Å². The Morgan fingerprint density at radius 2 is 1.81 bits per heavy atom. The number of carbonyl (C=O) groups excluding carboxylic acids is 3. The predicted octanol–water partition coefficient (Wildman–Crippen LogP) is 5.60. The van der Waals surface area contributed by atoms with Crippen molar-refractivity contribution >= 4 is 56.8 Å². The maximum atomic E-state index is 16.0. The number of anilines is 4. The van der Waals surface area contributed by atoms with Crippen molar-refractivity contribution < 1.29 is 32.3 Å². The van der Waals surface area contributed by atoms with Gasteiger partial charge in [-0.25, -0.2) is 22.6 Å². The van der Waals surface area contributed by atoms with Gasteiger partial charge in [0.2, 0.25) is 27.8 Å². The molecule has 5 atom stereocenters. The number of likely N-dealkylation sites (tertiary alicyclic amines) is 1. The molecule has 3 aromatic carbocycles. The number of aromatic hydroxyl groups is 1. The second kappa shape index (κ2) is 16.3. The molecular formula is C45H51FN10O6S. The van der Waals surface area contributed by atoms with Crippen LogP contribution in [-0.4, -0.2) is 113 Å². The lowest BCUT2D eigenvalue weighted by atomic mass is 9.80. The molecule has 4 aliphatic heterocycles. The van der Waals surface area contributed by atoms with E-state index in [0.29, 0.717) is 35.5 Å². The number of nitrogens with one attached hydrogen (secondary N) is 4. The summed E-state index contributed by atoms with van der Waals surface area (Å²) in [6, 6.07) is 17.8. The molecule has 330 valence electrons. The van der Waals surface area contributed by atoms with Crippen LogP contribution in [0.15, 0.2) is 77.8 Å². The molecule has 1 aromatic heterocycles. The third kappa shape index (κ3) is 7.67. The molecule has 1 saturated carbocycles. The van der Waals surface area contributed by atoms with Crippen LogP contribution in [-0.2, 0) is 25.0 Å². The molecule has 9 rings (SSSR count). The summed E-state index contributed by atoms with van der Waals surface area (Å²) in [6.45, 7) is 5.69. The number of fused-ring (bicyclic) bond motifs is 2. The Morgan fingerprint density at radius 1 is 1.02 bits per heavy atom. The molecule has 0 radical (unpaired) electrons. The van der Waals surface area contributed by atoms with Gasteiger partial charge >= 0.3 is 6.03 Å². The zero-order valence-electron chi connectivity index (χ0n) is 35.3. The molecule has 4 fully saturated rings. The Labute approximate surface area is 365 Å². The van der Waals surface area contributed by atoms with Gasteiger partial charge in [0.1, 0.15) is 23.6 Å².